The zero-order valence-electron chi connectivity index (χ0n) is 10.7. The second-order valence-electron chi connectivity index (χ2n) is 4.84. The van der Waals surface area contributed by atoms with Gasteiger partial charge in [0.25, 0.3) is 0 Å². The van der Waals surface area contributed by atoms with Crippen LogP contribution in [0.5, 0.6) is 0 Å². The highest BCUT2D eigenvalue weighted by Crippen LogP contribution is 2.15. The largest absolute Gasteiger partial charge is 0.481 e. The fourth-order valence-corrected chi connectivity index (χ4v) is 2.12. The molecule has 96 valence electrons. The topological polar surface area (TPSA) is 56.3 Å². The van der Waals surface area contributed by atoms with Crippen molar-refractivity contribution in [1.29, 1.82) is 0 Å². The molecule has 2 N–H and O–H groups in total. The zero-order valence-corrected chi connectivity index (χ0v) is 10.7. The molecular formula is C14H18N2O2. The fraction of sp³-hybridized carbons (Fsp3) is 0.357. The number of hydrogen-bond acceptors (Lipinski definition) is 2. The van der Waals surface area contributed by atoms with Gasteiger partial charge in [0.2, 0.25) is 0 Å². The molecule has 4 heteroatoms. The van der Waals surface area contributed by atoms with Gasteiger partial charge >= 0.3 is 5.97 Å². The van der Waals surface area contributed by atoms with Crippen LogP contribution in [0.2, 0.25) is 0 Å². The van der Waals surface area contributed by atoms with Gasteiger partial charge in [0, 0.05) is 24.8 Å². The van der Waals surface area contributed by atoms with Crippen molar-refractivity contribution in [1.82, 2.24) is 9.88 Å². The second kappa shape index (κ2) is 5.23. The lowest BCUT2D eigenvalue weighted by Crippen LogP contribution is -2.28. The summed E-state index contributed by atoms with van der Waals surface area (Å²) >= 11 is 0. The van der Waals surface area contributed by atoms with E-state index in [2.05, 4.69) is 23.2 Å². The molecule has 0 saturated heterocycles. The van der Waals surface area contributed by atoms with E-state index in [9.17, 15) is 4.79 Å². The first-order valence-corrected chi connectivity index (χ1v) is 6.03. The number of aromatic nitrogens is 1. The van der Waals surface area contributed by atoms with E-state index in [1.807, 2.05) is 24.2 Å². The second-order valence-corrected chi connectivity index (χ2v) is 4.84. The average molecular weight is 246 g/mol. The maximum Gasteiger partial charge on any atom is 0.307 e. The van der Waals surface area contributed by atoms with Crippen LogP contribution < -0.4 is 0 Å². The Balaban J connectivity index is 2.01. The van der Waals surface area contributed by atoms with Crippen molar-refractivity contribution >= 4 is 16.9 Å². The van der Waals surface area contributed by atoms with E-state index in [4.69, 9.17) is 5.11 Å². The van der Waals surface area contributed by atoms with Gasteiger partial charge < -0.3 is 15.0 Å². The van der Waals surface area contributed by atoms with Crippen molar-refractivity contribution in [3.63, 3.8) is 0 Å². The molecule has 18 heavy (non-hydrogen) atoms. The first kappa shape index (κ1) is 12.6. The quantitative estimate of drug-likeness (QED) is 0.851. The number of H-pyrrole nitrogens is 1. The molecule has 0 bridgehead atoms. The number of nitrogens with zero attached hydrogens (tertiary/aromatic N) is 1. The van der Waals surface area contributed by atoms with Crippen LogP contribution in [0.15, 0.2) is 30.5 Å². The molecule has 0 aliphatic heterocycles. The summed E-state index contributed by atoms with van der Waals surface area (Å²) in [6.07, 6.45) is 1.92. The number of aliphatic carboxylic acids is 1. The zero-order chi connectivity index (χ0) is 13.1. The third-order valence-electron chi connectivity index (χ3n) is 3.08. The van der Waals surface area contributed by atoms with Gasteiger partial charge in [-0.1, -0.05) is 13.0 Å². The molecule has 4 nitrogen and oxygen atoms in total. The van der Waals surface area contributed by atoms with Gasteiger partial charge in [-0.05, 0) is 36.2 Å². The van der Waals surface area contributed by atoms with Crippen LogP contribution >= 0.6 is 0 Å². The van der Waals surface area contributed by atoms with Crippen LogP contribution in [0.3, 0.4) is 0 Å². The standard InChI is InChI=1S/C14H18N2O2/c1-10(14(17)18)8-16(2)9-11-3-4-13-12(7-11)5-6-15-13/h3-7,10,15H,8-9H2,1-2H3,(H,17,18). The number of carbonyl (C=O) groups is 1. The Morgan fingerprint density at radius 2 is 2.22 bits per heavy atom. The molecule has 0 fully saturated rings. The van der Waals surface area contributed by atoms with Crippen LogP contribution in [-0.4, -0.2) is 34.6 Å². The molecule has 0 aliphatic rings. The summed E-state index contributed by atoms with van der Waals surface area (Å²) in [5.74, 6) is -1.09. The van der Waals surface area contributed by atoms with Crippen molar-refractivity contribution < 1.29 is 9.90 Å². The summed E-state index contributed by atoms with van der Waals surface area (Å²) in [6.45, 7) is 3.05. The monoisotopic (exact) mass is 246 g/mol. The smallest absolute Gasteiger partial charge is 0.307 e. The summed E-state index contributed by atoms with van der Waals surface area (Å²) in [7, 11) is 1.95. The maximum atomic E-state index is 10.8. The Morgan fingerprint density at radius 1 is 1.44 bits per heavy atom. The highest BCUT2D eigenvalue weighted by molar-refractivity contribution is 5.79. The highest BCUT2D eigenvalue weighted by Gasteiger charge is 2.13. The molecule has 2 aromatic rings. The number of aromatic amines is 1. The summed E-state index contributed by atoms with van der Waals surface area (Å²) in [6, 6.07) is 8.30. The average Bonchev–Trinajstić information content (AvgIpc) is 2.75. The third-order valence-corrected chi connectivity index (χ3v) is 3.08. The molecule has 1 unspecified atom stereocenters. The number of carboxylic acid groups (broad SMARTS) is 1. The van der Waals surface area contributed by atoms with E-state index in [-0.39, 0.29) is 5.92 Å². The SMILES string of the molecule is CC(CN(C)Cc1ccc2[nH]ccc2c1)C(=O)O. The maximum absolute atomic E-state index is 10.8. The molecule has 0 aliphatic carbocycles. The number of nitrogens with one attached hydrogen (secondary N) is 1. The van der Waals surface area contributed by atoms with Gasteiger partial charge in [-0.15, -0.1) is 0 Å². The van der Waals surface area contributed by atoms with Crippen molar-refractivity contribution in [2.24, 2.45) is 5.92 Å². The minimum absolute atomic E-state index is 0.342. The Bertz CT molecular complexity index is 547. The van der Waals surface area contributed by atoms with Crippen LogP contribution in [0.1, 0.15) is 12.5 Å². The Hall–Kier alpha value is -1.81. The Morgan fingerprint density at radius 3 is 2.94 bits per heavy atom. The minimum atomic E-state index is -0.747. The van der Waals surface area contributed by atoms with Crippen LogP contribution in [0.4, 0.5) is 0 Å². The molecule has 2 rings (SSSR count). The summed E-state index contributed by atoms with van der Waals surface area (Å²) < 4.78 is 0. The normalized spacial score (nSPS) is 13.1. The lowest BCUT2D eigenvalue weighted by Gasteiger charge is -2.19. The molecule has 1 aromatic carbocycles. The van der Waals surface area contributed by atoms with Gasteiger partial charge in [0.15, 0.2) is 0 Å². The van der Waals surface area contributed by atoms with Gasteiger partial charge in [-0.25, -0.2) is 0 Å². The molecule has 0 saturated carbocycles. The van der Waals surface area contributed by atoms with E-state index in [1.54, 1.807) is 6.92 Å². The van der Waals surface area contributed by atoms with Crippen LogP contribution in [0, 0.1) is 5.92 Å². The molecule has 0 spiro atoms. The van der Waals surface area contributed by atoms with Crippen molar-refractivity contribution in [3.05, 3.63) is 36.0 Å². The van der Waals surface area contributed by atoms with Crippen LogP contribution in [0.25, 0.3) is 10.9 Å². The van der Waals surface area contributed by atoms with Crippen molar-refractivity contribution in [3.8, 4) is 0 Å². The molecule has 0 amide bonds. The lowest BCUT2D eigenvalue weighted by molar-refractivity contribution is -0.141. The van der Waals surface area contributed by atoms with E-state index in [0.29, 0.717) is 6.54 Å². The number of rotatable bonds is 5. The van der Waals surface area contributed by atoms with E-state index < -0.39 is 5.97 Å². The highest BCUT2D eigenvalue weighted by atomic mass is 16.4. The first-order chi connectivity index (χ1) is 8.56. The molecule has 1 aromatic heterocycles. The van der Waals surface area contributed by atoms with E-state index in [1.165, 1.54) is 10.9 Å². The number of hydrogen-bond donors (Lipinski definition) is 2. The predicted octanol–water partition coefficient (Wildman–Crippen LogP) is 2.32. The third kappa shape index (κ3) is 2.90. The summed E-state index contributed by atoms with van der Waals surface area (Å²) in [4.78, 5) is 16.0. The molecule has 1 atom stereocenters. The van der Waals surface area contributed by atoms with Gasteiger partial charge in [-0.2, -0.15) is 0 Å². The number of fused-ring (bicyclic) bond motifs is 1. The van der Waals surface area contributed by atoms with Gasteiger partial charge in [0.1, 0.15) is 0 Å². The Labute approximate surface area is 106 Å². The summed E-state index contributed by atoms with van der Waals surface area (Å²) in [5, 5.41) is 10.1. The van der Waals surface area contributed by atoms with Gasteiger partial charge in [-0.3, -0.25) is 4.79 Å². The fourth-order valence-electron chi connectivity index (χ4n) is 2.12. The number of benzene rings is 1. The van der Waals surface area contributed by atoms with E-state index in [0.717, 1.165) is 12.1 Å². The number of carboxylic acids is 1. The molecular weight excluding hydrogens is 228 g/mol. The van der Waals surface area contributed by atoms with Crippen molar-refractivity contribution in [2.75, 3.05) is 13.6 Å². The van der Waals surface area contributed by atoms with Crippen molar-refractivity contribution in [2.45, 2.75) is 13.5 Å². The Kier molecular flexibility index (Phi) is 3.67. The first-order valence-electron chi connectivity index (χ1n) is 6.03. The van der Waals surface area contributed by atoms with E-state index >= 15 is 0 Å². The minimum Gasteiger partial charge on any atom is -0.481 e. The van der Waals surface area contributed by atoms with Gasteiger partial charge in [0.05, 0.1) is 5.92 Å². The lowest BCUT2D eigenvalue weighted by atomic mass is 10.1. The predicted molar refractivity (Wildman–Crippen MR) is 71.4 cm³/mol. The summed E-state index contributed by atoms with van der Waals surface area (Å²) in [5.41, 5.74) is 2.32. The molecule has 0 radical (unpaired) electrons. The van der Waals surface area contributed by atoms with Crippen LogP contribution in [-0.2, 0) is 11.3 Å². The molecule has 1 heterocycles.